The molecule has 0 aliphatic heterocycles. The number of halogens is 2. The molecular weight excluding hydrogens is 254 g/mol. The maximum Gasteiger partial charge on any atom is 0.303 e. The number of benzene rings is 1. The number of ketones is 1. The van der Waals surface area contributed by atoms with E-state index in [1.807, 2.05) is 0 Å². The van der Waals surface area contributed by atoms with Gasteiger partial charge in [0.2, 0.25) is 0 Å². The highest BCUT2D eigenvalue weighted by molar-refractivity contribution is 5.96. The van der Waals surface area contributed by atoms with E-state index < -0.39 is 23.4 Å². The highest BCUT2D eigenvalue weighted by Gasteiger charge is 2.14. The van der Waals surface area contributed by atoms with Crippen LogP contribution in [0.3, 0.4) is 0 Å². The van der Waals surface area contributed by atoms with Gasteiger partial charge < -0.3 is 5.11 Å². The third-order valence-electron chi connectivity index (χ3n) is 2.80. The van der Waals surface area contributed by atoms with Gasteiger partial charge >= 0.3 is 5.97 Å². The number of rotatable bonds is 8. The van der Waals surface area contributed by atoms with Crippen molar-refractivity contribution in [3.8, 4) is 0 Å². The van der Waals surface area contributed by atoms with Gasteiger partial charge in [-0.15, -0.1) is 0 Å². The van der Waals surface area contributed by atoms with Crippen molar-refractivity contribution >= 4 is 11.8 Å². The summed E-state index contributed by atoms with van der Waals surface area (Å²) in [5.41, 5.74) is -0.217. The Morgan fingerprint density at radius 2 is 1.63 bits per heavy atom. The van der Waals surface area contributed by atoms with Crippen LogP contribution in [-0.4, -0.2) is 16.9 Å². The molecule has 0 aliphatic rings. The fourth-order valence-corrected chi connectivity index (χ4v) is 1.77. The van der Waals surface area contributed by atoms with Crippen LogP contribution in [0.25, 0.3) is 0 Å². The molecule has 1 aromatic carbocycles. The fraction of sp³-hybridized carbons (Fsp3) is 0.429. The van der Waals surface area contributed by atoms with Gasteiger partial charge in [-0.05, 0) is 25.0 Å². The van der Waals surface area contributed by atoms with Gasteiger partial charge in [0.05, 0.1) is 5.56 Å². The van der Waals surface area contributed by atoms with Crippen LogP contribution in [-0.2, 0) is 4.79 Å². The van der Waals surface area contributed by atoms with E-state index in [2.05, 4.69) is 0 Å². The summed E-state index contributed by atoms with van der Waals surface area (Å²) in [4.78, 5) is 21.9. The van der Waals surface area contributed by atoms with Gasteiger partial charge in [-0.2, -0.15) is 0 Å². The number of aliphatic carboxylic acids is 1. The summed E-state index contributed by atoms with van der Waals surface area (Å²) >= 11 is 0. The summed E-state index contributed by atoms with van der Waals surface area (Å²) < 4.78 is 26.2. The molecule has 0 spiro atoms. The van der Waals surface area contributed by atoms with Crippen molar-refractivity contribution in [2.75, 3.05) is 0 Å². The smallest absolute Gasteiger partial charge is 0.303 e. The number of hydrogen-bond acceptors (Lipinski definition) is 2. The molecule has 0 heterocycles. The molecule has 3 nitrogen and oxygen atoms in total. The Labute approximate surface area is 110 Å². The predicted molar refractivity (Wildman–Crippen MR) is 66.0 cm³/mol. The van der Waals surface area contributed by atoms with Crippen LogP contribution < -0.4 is 0 Å². The number of carbonyl (C=O) groups is 2. The molecule has 104 valence electrons. The van der Waals surface area contributed by atoms with Crippen molar-refractivity contribution in [2.24, 2.45) is 0 Å². The molecule has 19 heavy (non-hydrogen) atoms. The van der Waals surface area contributed by atoms with Crippen molar-refractivity contribution in [2.45, 2.75) is 38.5 Å². The first-order valence-corrected chi connectivity index (χ1v) is 6.21. The molecule has 1 N–H and O–H groups in total. The minimum atomic E-state index is -1.10. The molecule has 0 amide bonds. The first-order chi connectivity index (χ1) is 9.02. The molecule has 0 saturated carbocycles. The predicted octanol–water partition coefficient (Wildman–Crippen LogP) is 3.57. The molecule has 0 aliphatic carbocycles. The molecule has 0 fully saturated rings. The van der Waals surface area contributed by atoms with Gasteiger partial charge in [-0.1, -0.05) is 18.9 Å². The van der Waals surface area contributed by atoms with Gasteiger partial charge in [0.25, 0.3) is 0 Å². The Hall–Kier alpha value is -1.78. The van der Waals surface area contributed by atoms with Crippen LogP contribution in [0.5, 0.6) is 0 Å². The normalized spacial score (nSPS) is 10.4. The third-order valence-corrected chi connectivity index (χ3v) is 2.80. The van der Waals surface area contributed by atoms with E-state index in [0.29, 0.717) is 25.7 Å². The maximum atomic E-state index is 13.3. The summed E-state index contributed by atoms with van der Waals surface area (Å²) in [7, 11) is 0. The van der Waals surface area contributed by atoms with Gasteiger partial charge in [0.1, 0.15) is 0 Å². The summed E-state index contributed by atoms with van der Waals surface area (Å²) in [6.45, 7) is 0. The summed E-state index contributed by atoms with van der Waals surface area (Å²) in [5.74, 6) is -3.38. The van der Waals surface area contributed by atoms with E-state index in [0.717, 1.165) is 6.07 Å². The summed E-state index contributed by atoms with van der Waals surface area (Å²) in [6.07, 6.45) is 2.80. The van der Waals surface area contributed by atoms with E-state index >= 15 is 0 Å². The number of hydrogen-bond donors (Lipinski definition) is 1. The zero-order chi connectivity index (χ0) is 14.3. The highest BCUT2D eigenvalue weighted by Crippen LogP contribution is 2.15. The summed E-state index contributed by atoms with van der Waals surface area (Å²) in [6, 6.07) is 3.54. The van der Waals surface area contributed by atoms with Crippen molar-refractivity contribution in [3.63, 3.8) is 0 Å². The average Bonchev–Trinajstić information content (AvgIpc) is 2.36. The molecular formula is C14H16F2O3. The zero-order valence-corrected chi connectivity index (χ0v) is 10.5. The molecule has 0 bridgehead atoms. The largest absolute Gasteiger partial charge is 0.481 e. The van der Waals surface area contributed by atoms with E-state index in [1.165, 1.54) is 12.1 Å². The molecule has 0 aromatic heterocycles. The molecule has 0 unspecified atom stereocenters. The number of carboxylic acids is 1. The SMILES string of the molecule is O=C(O)CCCCCCC(=O)c1cccc(F)c1F. The van der Waals surface area contributed by atoms with E-state index in [1.54, 1.807) is 0 Å². The topological polar surface area (TPSA) is 54.4 Å². The first kappa shape index (κ1) is 15.3. The molecule has 1 aromatic rings. The van der Waals surface area contributed by atoms with Crippen LogP contribution in [0.2, 0.25) is 0 Å². The number of Topliss-reactive ketones (excluding diaryl/α,β-unsaturated/α-hetero) is 1. The zero-order valence-electron chi connectivity index (χ0n) is 10.5. The summed E-state index contributed by atoms with van der Waals surface area (Å²) in [5, 5.41) is 8.43. The van der Waals surface area contributed by atoms with Gasteiger partial charge in [-0.3, -0.25) is 9.59 Å². The lowest BCUT2D eigenvalue weighted by molar-refractivity contribution is -0.137. The van der Waals surface area contributed by atoms with Gasteiger partial charge in [0, 0.05) is 12.8 Å². The van der Waals surface area contributed by atoms with Crippen LogP contribution in [0.4, 0.5) is 8.78 Å². The lowest BCUT2D eigenvalue weighted by Crippen LogP contribution is -2.04. The van der Waals surface area contributed by atoms with Crippen molar-refractivity contribution in [1.29, 1.82) is 0 Å². The fourth-order valence-electron chi connectivity index (χ4n) is 1.77. The number of carbonyl (C=O) groups excluding carboxylic acids is 1. The lowest BCUT2D eigenvalue weighted by Gasteiger charge is -2.03. The van der Waals surface area contributed by atoms with Crippen LogP contribution in [0, 0.1) is 11.6 Å². The Morgan fingerprint density at radius 1 is 1.00 bits per heavy atom. The Kier molecular flexibility index (Phi) is 6.12. The second-order valence-corrected chi connectivity index (χ2v) is 4.33. The molecule has 0 atom stereocenters. The number of unbranched alkanes of at least 4 members (excludes halogenated alkanes) is 3. The first-order valence-electron chi connectivity index (χ1n) is 6.21. The molecule has 0 radical (unpaired) electrons. The molecule has 0 saturated heterocycles. The number of carboxylic acid groups (broad SMARTS) is 1. The highest BCUT2D eigenvalue weighted by atomic mass is 19.2. The molecule has 1 rings (SSSR count). The van der Waals surface area contributed by atoms with Crippen molar-refractivity contribution in [3.05, 3.63) is 35.4 Å². The lowest BCUT2D eigenvalue weighted by atomic mass is 10.0. The van der Waals surface area contributed by atoms with Crippen LogP contribution in [0.1, 0.15) is 48.9 Å². The van der Waals surface area contributed by atoms with Crippen LogP contribution in [0.15, 0.2) is 18.2 Å². The minimum Gasteiger partial charge on any atom is -0.481 e. The second-order valence-electron chi connectivity index (χ2n) is 4.33. The van der Waals surface area contributed by atoms with E-state index in [9.17, 15) is 18.4 Å². The van der Waals surface area contributed by atoms with Gasteiger partial charge in [0.15, 0.2) is 17.4 Å². The maximum absolute atomic E-state index is 13.3. The quantitative estimate of drug-likeness (QED) is 0.580. The average molecular weight is 270 g/mol. The Morgan fingerprint density at radius 3 is 2.26 bits per heavy atom. The minimum absolute atomic E-state index is 0.118. The van der Waals surface area contributed by atoms with Crippen LogP contribution >= 0.6 is 0 Å². The van der Waals surface area contributed by atoms with E-state index in [4.69, 9.17) is 5.11 Å². The monoisotopic (exact) mass is 270 g/mol. The Balaban J connectivity index is 2.32. The second kappa shape index (κ2) is 7.61. The molecule has 5 heteroatoms. The van der Waals surface area contributed by atoms with Gasteiger partial charge in [-0.25, -0.2) is 8.78 Å². The standard InChI is InChI=1S/C14H16F2O3/c15-11-7-5-6-10(14(11)16)12(17)8-3-1-2-4-9-13(18)19/h5-7H,1-4,8-9H2,(H,18,19). The van der Waals surface area contributed by atoms with E-state index in [-0.39, 0.29) is 18.4 Å². The van der Waals surface area contributed by atoms with Crippen molar-refractivity contribution in [1.82, 2.24) is 0 Å². The third kappa shape index (κ3) is 5.16. The van der Waals surface area contributed by atoms with Crippen molar-refractivity contribution < 1.29 is 23.5 Å². The Bertz CT molecular complexity index is 458.